The van der Waals surface area contributed by atoms with Gasteiger partial charge in [0.2, 0.25) is 0 Å². The van der Waals surface area contributed by atoms with Gasteiger partial charge in [-0.25, -0.2) is 4.39 Å². The Kier molecular flexibility index (Phi) is 3.19. The lowest BCUT2D eigenvalue weighted by atomic mass is 10.1. The zero-order valence-corrected chi connectivity index (χ0v) is 6.92. The van der Waals surface area contributed by atoms with E-state index in [2.05, 4.69) is 5.32 Å². The van der Waals surface area contributed by atoms with E-state index in [9.17, 15) is 9.50 Å². The number of benzene rings is 1. The normalized spacial score (nSPS) is 12.9. The van der Waals surface area contributed by atoms with Gasteiger partial charge in [-0.05, 0) is 24.7 Å². The molecule has 0 radical (unpaired) electrons. The van der Waals surface area contributed by atoms with Crippen molar-refractivity contribution in [2.75, 3.05) is 7.05 Å². The van der Waals surface area contributed by atoms with Gasteiger partial charge in [0.15, 0.2) is 0 Å². The van der Waals surface area contributed by atoms with Gasteiger partial charge in [-0.3, -0.25) is 5.32 Å². The highest BCUT2D eigenvalue weighted by atomic mass is 19.1. The van der Waals surface area contributed by atoms with Crippen molar-refractivity contribution in [3.63, 3.8) is 0 Å². The standard InChI is InChI=1S/C9H12FNO/c1-11-9(12)6-7-2-4-8(10)5-3-7/h2-5,9,11-12H,6H2,1H3. The number of hydrogen-bond acceptors (Lipinski definition) is 2. The Hall–Kier alpha value is -0.930. The lowest BCUT2D eigenvalue weighted by Gasteiger charge is -2.08. The number of halogens is 1. The summed E-state index contributed by atoms with van der Waals surface area (Å²) in [6, 6.07) is 6.10. The molecule has 1 atom stereocenters. The molecule has 1 aromatic carbocycles. The molecule has 0 aliphatic carbocycles. The zero-order valence-electron chi connectivity index (χ0n) is 6.92. The molecule has 3 heteroatoms. The summed E-state index contributed by atoms with van der Waals surface area (Å²) in [7, 11) is 1.67. The highest BCUT2D eigenvalue weighted by Gasteiger charge is 2.01. The van der Waals surface area contributed by atoms with Crippen molar-refractivity contribution in [1.82, 2.24) is 5.32 Å². The maximum atomic E-state index is 12.4. The van der Waals surface area contributed by atoms with E-state index < -0.39 is 6.23 Å². The van der Waals surface area contributed by atoms with Crippen LogP contribution in [-0.4, -0.2) is 18.4 Å². The summed E-state index contributed by atoms with van der Waals surface area (Å²) in [6.45, 7) is 0. The molecular formula is C9H12FNO. The molecule has 1 unspecified atom stereocenters. The van der Waals surface area contributed by atoms with Crippen LogP contribution in [0.5, 0.6) is 0 Å². The van der Waals surface area contributed by atoms with Crippen LogP contribution in [0.3, 0.4) is 0 Å². The summed E-state index contributed by atoms with van der Waals surface area (Å²) < 4.78 is 12.4. The van der Waals surface area contributed by atoms with E-state index in [0.29, 0.717) is 6.42 Å². The number of hydrogen-bond donors (Lipinski definition) is 2. The van der Waals surface area contributed by atoms with Crippen LogP contribution in [0.2, 0.25) is 0 Å². The van der Waals surface area contributed by atoms with Crippen LogP contribution < -0.4 is 5.32 Å². The van der Waals surface area contributed by atoms with Crippen LogP contribution in [-0.2, 0) is 6.42 Å². The van der Waals surface area contributed by atoms with Crippen molar-refractivity contribution in [2.45, 2.75) is 12.6 Å². The lowest BCUT2D eigenvalue weighted by Crippen LogP contribution is -2.26. The molecule has 0 heterocycles. The fraction of sp³-hybridized carbons (Fsp3) is 0.333. The smallest absolute Gasteiger partial charge is 0.123 e. The van der Waals surface area contributed by atoms with Crippen LogP contribution in [0.15, 0.2) is 24.3 Å². The Morgan fingerprint density at radius 2 is 2.00 bits per heavy atom. The molecule has 0 aromatic heterocycles. The van der Waals surface area contributed by atoms with Gasteiger partial charge in [0.25, 0.3) is 0 Å². The molecule has 0 aliphatic rings. The molecule has 0 saturated heterocycles. The topological polar surface area (TPSA) is 32.3 Å². The van der Waals surface area contributed by atoms with Crippen molar-refractivity contribution in [3.05, 3.63) is 35.6 Å². The first-order chi connectivity index (χ1) is 5.72. The highest BCUT2D eigenvalue weighted by Crippen LogP contribution is 2.04. The molecule has 12 heavy (non-hydrogen) atoms. The van der Waals surface area contributed by atoms with E-state index in [1.165, 1.54) is 12.1 Å². The molecule has 0 saturated carbocycles. The monoisotopic (exact) mass is 169 g/mol. The maximum absolute atomic E-state index is 12.4. The first kappa shape index (κ1) is 9.16. The second kappa shape index (κ2) is 4.18. The molecule has 0 aliphatic heterocycles. The Balaban J connectivity index is 2.58. The average molecular weight is 169 g/mol. The van der Waals surface area contributed by atoms with Gasteiger partial charge in [-0.2, -0.15) is 0 Å². The Morgan fingerprint density at radius 1 is 1.42 bits per heavy atom. The largest absolute Gasteiger partial charge is 0.378 e. The fourth-order valence-electron chi connectivity index (χ4n) is 0.946. The van der Waals surface area contributed by atoms with Crippen molar-refractivity contribution < 1.29 is 9.50 Å². The molecule has 0 spiro atoms. The molecule has 2 N–H and O–H groups in total. The van der Waals surface area contributed by atoms with E-state index in [1.54, 1.807) is 19.2 Å². The highest BCUT2D eigenvalue weighted by molar-refractivity contribution is 5.16. The van der Waals surface area contributed by atoms with Crippen LogP contribution in [0.1, 0.15) is 5.56 Å². The third-order valence-electron chi connectivity index (χ3n) is 1.68. The van der Waals surface area contributed by atoms with Crippen LogP contribution in [0.25, 0.3) is 0 Å². The fourth-order valence-corrected chi connectivity index (χ4v) is 0.946. The molecule has 1 aromatic rings. The van der Waals surface area contributed by atoms with Gasteiger partial charge in [0.1, 0.15) is 12.0 Å². The average Bonchev–Trinajstić information content (AvgIpc) is 2.09. The Morgan fingerprint density at radius 3 is 2.50 bits per heavy atom. The lowest BCUT2D eigenvalue weighted by molar-refractivity contribution is 0.147. The van der Waals surface area contributed by atoms with Gasteiger partial charge < -0.3 is 5.11 Å². The van der Waals surface area contributed by atoms with E-state index in [-0.39, 0.29) is 5.82 Å². The van der Waals surface area contributed by atoms with Crippen LogP contribution in [0, 0.1) is 5.82 Å². The third kappa shape index (κ3) is 2.60. The summed E-state index contributed by atoms with van der Waals surface area (Å²) in [4.78, 5) is 0. The van der Waals surface area contributed by atoms with Crippen molar-refractivity contribution in [2.24, 2.45) is 0 Å². The predicted molar refractivity (Wildman–Crippen MR) is 45.2 cm³/mol. The van der Waals surface area contributed by atoms with Gasteiger partial charge in [-0.15, -0.1) is 0 Å². The summed E-state index contributed by atoms with van der Waals surface area (Å²) in [5.74, 6) is -0.252. The first-order valence-electron chi connectivity index (χ1n) is 3.82. The van der Waals surface area contributed by atoms with E-state index in [0.717, 1.165) is 5.56 Å². The predicted octanol–water partition coefficient (Wildman–Crippen LogP) is 0.906. The van der Waals surface area contributed by atoms with Crippen molar-refractivity contribution in [1.29, 1.82) is 0 Å². The Labute approximate surface area is 71.0 Å². The number of likely N-dealkylation sites (N-methyl/N-ethyl adjacent to an activating group) is 1. The molecule has 66 valence electrons. The maximum Gasteiger partial charge on any atom is 0.123 e. The number of aliphatic hydroxyl groups is 1. The molecule has 2 nitrogen and oxygen atoms in total. The molecule has 1 rings (SSSR count). The van der Waals surface area contributed by atoms with Crippen molar-refractivity contribution in [3.8, 4) is 0 Å². The Bertz CT molecular complexity index is 235. The van der Waals surface area contributed by atoms with Gasteiger partial charge in [-0.1, -0.05) is 12.1 Å². The SMILES string of the molecule is CNC(O)Cc1ccc(F)cc1. The van der Waals surface area contributed by atoms with Gasteiger partial charge in [0.05, 0.1) is 0 Å². The van der Waals surface area contributed by atoms with E-state index >= 15 is 0 Å². The second-order valence-electron chi connectivity index (χ2n) is 2.64. The molecule has 0 fully saturated rings. The number of nitrogens with one attached hydrogen (secondary N) is 1. The van der Waals surface area contributed by atoms with E-state index in [4.69, 9.17) is 0 Å². The second-order valence-corrected chi connectivity index (χ2v) is 2.64. The zero-order chi connectivity index (χ0) is 8.97. The molecule has 0 amide bonds. The minimum Gasteiger partial charge on any atom is -0.378 e. The van der Waals surface area contributed by atoms with Gasteiger partial charge >= 0.3 is 0 Å². The van der Waals surface area contributed by atoms with E-state index in [1.807, 2.05) is 0 Å². The summed E-state index contributed by atoms with van der Waals surface area (Å²) >= 11 is 0. The minimum atomic E-state index is -0.560. The van der Waals surface area contributed by atoms with Crippen molar-refractivity contribution >= 4 is 0 Å². The quantitative estimate of drug-likeness (QED) is 0.659. The van der Waals surface area contributed by atoms with Crippen LogP contribution >= 0.6 is 0 Å². The molecular weight excluding hydrogens is 157 g/mol. The number of rotatable bonds is 3. The summed E-state index contributed by atoms with van der Waals surface area (Å²) in [6.07, 6.45) is -0.0630. The molecule has 0 bridgehead atoms. The summed E-state index contributed by atoms with van der Waals surface area (Å²) in [5.41, 5.74) is 0.915. The minimum absolute atomic E-state index is 0.252. The third-order valence-corrected chi connectivity index (χ3v) is 1.68. The summed E-state index contributed by atoms with van der Waals surface area (Å²) in [5, 5.41) is 11.9. The van der Waals surface area contributed by atoms with Gasteiger partial charge in [0, 0.05) is 6.42 Å². The van der Waals surface area contributed by atoms with Crippen LogP contribution in [0.4, 0.5) is 4.39 Å². The first-order valence-corrected chi connectivity index (χ1v) is 3.82. The number of aliphatic hydroxyl groups excluding tert-OH is 1.